The number of phenols is 1. The van der Waals surface area contributed by atoms with Crippen LogP contribution >= 0.6 is 8.58 Å². The largest absolute Gasteiger partial charge is 0.507 e. The zero-order chi connectivity index (χ0) is 18.6. The highest BCUT2D eigenvalue weighted by molar-refractivity contribution is 7.56. The molecular formula is C25H21OP. The van der Waals surface area contributed by atoms with Gasteiger partial charge in [-0.2, -0.15) is 0 Å². The van der Waals surface area contributed by atoms with E-state index in [0.717, 1.165) is 11.1 Å². The summed E-state index contributed by atoms with van der Waals surface area (Å²) in [5, 5.41) is 12.9. The fourth-order valence-corrected chi connectivity index (χ4v) is 4.61. The second-order valence-electron chi connectivity index (χ2n) is 6.60. The van der Waals surface area contributed by atoms with Crippen LogP contribution < -0.4 is 10.6 Å². The molecule has 4 rings (SSSR count). The minimum Gasteiger partial charge on any atom is -0.507 e. The van der Waals surface area contributed by atoms with Crippen molar-refractivity contribution < 1.29 is 5.11 Å². The van der Waals surface area contributed by atoms with Gasteiger partial charge in [0.25, 0.3) is 0 Å². The van der Waals surface area contributed by atoms with Gasteiger partial charge in [-0.05, 0) is 40.3 Å². The number of rotatable bonds is 4. The van der Waals surface area contributed by atoms with Gasteiger partial charge in [0, 0.05) is 5.56 Å². The highest BCUT2D eigenvalue weighted by Crippen LogP contribution is 2.32. The van der Waals surface area contributed by atoms with Crippen LogP contribution in [0, 0.1) is 6.92 Å². The van der Waals surface area contributed by atoms with Gasteiger partial charge in [-0.3, -0.25) is 0 Å². The van der Waals surface area contributed by atoms with E-state index in [0.29, 0.717) is 14.3 Å². The molecule has 27 heavy (non-hydrogen) atoms. The average molecular weight is 368 g/mol. The van der Waals surface area contributed by atoms with E-state index in [1.165, 1.54) is 27.3 Å². The number of benzene rings is 4. The number of aryl methyl sites for hydroxylation is 1. The summed E-state index contributed by atoms with van der Waals surface area (Å²) in [7, 11) is 0.508. The van der Waals surface area contributed by atoms with Crippen LogP contribution in [0.25, 0.3) is 22.3 Å². The molecule has 4 aromatic carbocycles. The van der Waals surface area contributed by atoms with E-state index < -0.39 is 0 Å². The van der Waals surface area contributed by atoms with Crippen molar-refractivity contribution in [2.75, 3.05) is 0 Å². The molecule has 0 bridgehead atoms. The smallest absolute Gasteiger partial charge is 0.123 e. The molecule has 0 aliphatic heterocycles. The molecule has 0 aliphatic carbocycles. The molecule has 2 heteroatoms. The molecular weight excluding hydrogens is 347 g/mol. The van der Waals surface area contributed by atoms with Gasteiger partial charge in [0.15, 0.2) is 0 Å². The predicted octanol–water partition coefficient (Wildman–Crippen LogP) is 5.66. The van der Waals surface area contributed by atoms with Crippen LogP contribution in [0.4, 0.5) is 0 Å². The third-order valence-corrected chi connectivity index (χ3v) is 6.09. The molecule has 0 saturated carbocycles. The van der Waals surface area contributed by atoms with Gasteiger partial charge < -0.3 is 5.11 Å². The van der Waals surface area contributed by atoms with Crippen molar-refractivity contribution in [1.82, 2.24) is 0 Å². The molecule has 1 nitrogen and oxygen atoms in total. The van der Waals surface area contributed by atoms with Crippen LogP contribution in [0.2, 0.25) is 0 Å². The zero-order valence-electron chi connectivity index (χ0n) is 15.2. The summed E-state index contributed by atoms with van der Waals surface area (Å²) in [6.07, 6.45) is 0. The lowest BCUT2D eigenvalue weighted by atomic mass is 10.0. The maximum atomic E-state index is 10.3. The van der Waals surface area contributed by atoms with Crippen molar-refractivity contribution in [3.63, 3.8) is 0 Å². The summed E-state index contributed by atoms with van der Waals surface area (Å²) in [6.45, 7) is 2.11. The standard InChI is InChI=1S/C25H21OP/c1-18-14-16-19(17-15-18)20-8-3-6-12-24(20)27-25-13-7-4-10-22(25)21-9-2-5-11-23(21)26/h2-17,26-27H,1H3. The number of para-hydroxylation sites is 1. The topological polar surface area (TPSA) is 20.2 Å². The Morgan fingerprint density at radius 2 is 1.07 bits per heavy atom. The zero-order valence-corrected chi connectivity index (χ0v) is 16.2. The Kier molecular flexibility index (Phi) is 5.05. The van der Waals surface area contributed by atoms with Gasteiger partial charge in [-0.1, -0.05) is 105 Å². The third-order valence-electron chi connectivity index (χ3n) is 4.68. The van der Waals surface area contributed by atoms with Crippen LogP contribution in [-0.4, -0.2) is 5.11 Å². The molecule has 0 fully saturated rings. The van der Waals surface area contributed by atoms with E-state index in [9.17, 15) is 5.11 Å². The van der Waals surface area contributed by atoms with Crippen molar-refractivity contribution >= 4 is 19.2 Å². The second kappa shape index (κ2) is 7.78. The van der Waals surface area contributed by atoms with Gasteiger partial charge in [-0.15, -0.1) is 0 Å². The van der Waals surface area contributed by atoms with Crippen molar-refractivity contribution in [2.45, 2.75) is 6.92 Å². The van der Waals surface area contributed by atoms with Crippen LogP contribution in [0.1, 0.15) is 5.56 Å². The summed E-state index contributed by atoms with van der Waals surface area (Å²) in [5.74, 6) is 0.321. The Labute approximate surface area is 162 Å². The molecule has 1 atom stereocenters. The van der Waals surface area contributed by atoms with E-state index in [1.807, 2.05) is 24.3 Å². The van der Waals surface area contributed by atoms with Crippen molar-refractivity contribution in [3.05, 3.63) is 103 Å². The van der Waals surface area contributed by atoms with E-state index >= 15 is 0 Å². The maximum absolute atomic E-state index is 10.3. The number of phenolic OH excluding ortho intramolecular Hbond substituents is 1. The summed E-state index contributed by atoms with van der Waals surface area (Å²) in [4.78, 5) is 0. The lowest BCUT2D eigenvalue weighted by Crippen LogP contribution is -2.08. The fraction of sp³-hybridized carbons (Fsp3) is 0.0400. The van der Waals surface area contributed by atoms with Crippen LogP contribution in [-0.2, 0) is 0 Å². The molecule has 0 spiro atoms. The van der Waals surface area contributed by atoms with Crippen LogP contribution in [0.3, 0.4) is 0 Å². The molecule has 0 saturated heterocycles. The summed E-state index contributed by atoms with van der Waals surface area (Å²) in [6, 6.07) is 33.2. The SMILES string of the molecule is Cc1ccc(-c2ccccc2Pc2ccccc2-c2ccccc2O)cc1. The van der Waals surface area contributed by atoms with Crippen molar-refractivity contribution in [1.29, 1.82) is 0 Å². The van der Waals surface area contributed by atoms with Gasteiger partial charge >= 0.3 is 0 Å². The Morgan fingerprint density at radius 1 is 0.556 bits per heavy atom. The average Bonchev–Trinajstić information content (AvgIpc) is 2.70. The maximum Gasteiger partial charge on any atom is 0.123 e. The molecule has 132 valence electrons. The van der Waals surface area contributed by atoms with Crippen LogP contribution in [0.5, 0.6) is 5.75 Å². The predicted molar refractivity (Wildman–Crippen MR) is 118 cm³/mol. The quantitative estimate of drug-likeness (QED) is 0.461. The fourth-order valence-electron chi connectivity index (χ4n) is 3.25. The van der Waals surface area contributed by atoms with Crippen molar-refractivity contribution in [2.24, 2.45) is 0 Å². The third kappa shape index (κ3) is 3.79. The molecule has 0 radical (unpaired) electrons. The normalized spacial score (nSPS) is 11.1. The lowest BCUT2D eigenvalue weighted by Gasteiger charge is -2.14. The molecule has 0 amide bonds. The summed E-state index contributed by atoms with van der Waals surface area (Å²) >= 11 is 0. The molecule has 0 aromatic heterocycles. The first kappa shape index (κ1) is 17.5. The van der Waals surface area contributed by atoms with E-state index in [1.54, 1.807) is 6.07 Å². The number of hydrogen-bond donors (Lipinski definition) is 1. The molecule has 0 aliphatic rings. The van der Waals surface area contributed by atoms with Crippen LogP contribution in [0.15, 0.2) is 97.1 Å². The molecule has 1 unspecified atom stereocenters. The Balaban J connectivity index is 1.77. The number of hydrogen-bond acceptors (Lipinski definition) is 1. The number of aromatic hydroxyl groups is 1. The Bertz CT molecular complexity index is 1070. The van der Waals surface area contributed by atoms with Gasteiger partial charge in [0.2, 0.25) is 0 Å². The van der Waals surface area contributed by atoms with Gasteiger partial charge in [0.1, 0.15) is 5.75 Å². The van der Waals surface area contributed by atoms with Crippen molar-refractivity contribution in [3.8, 4) is 28.0 Å². The first-order valence-corrected chi connectivity index (χ1v) is 10.0. The molecule has 1 N–H and O–H groups in total. The minimum atomic E-state index is 0.321. The molecule has 0 heterocycles. The minimum absolute atomic E-state index is 0.321. The highest BCUT2D eigenvalue weighted by atomic mass is 31.1. The summed E-state index contributed by atoms with van der Waals surface area (Å²) < 4.78 is 0. The summed E-state index contributed by atoms with van der Waals surface area (Å²) in [5.41, 5.74) is 5.75. The Hall–Kier alpha value is -2.89. The van der Waals surface area contributed by atoms with E-state index in [2.05, 4.69) is 73.7 Å². The van der Waals surface area contributed by atoms with E-state index in [4.69, 9.17) is 0 Å². The second-order valence-corrected chi connectivity index (χ2v) is 7.93. The first-order chi connectivity index (χ1) is 13.2. The first-order valence-electron chi connectivity index (χ1n) is 9.03. The monoisotopic (exact) mass is 368 g/mol. The lowest BCUT2D eigenvalue weighted by molar-refractivity contribution is 0.477. The highest BCUT2D eigenvalue weighted by Gasteiger charge is 2.11. The van der Waals surface area contributed by atoms with Gasteiger partial charge in [0.05, 0.1) is 0 Å². The van der Waals surface area contributed by atoms with Gasteiger partial charge in [-0.25, -0.2) is 0 Å². The Morgan fingerprint density at radius 3 is 1.74 bits per heavy atom. The molecule has 4 aromatic rings. The van der Waals surface area contributed by atoms with E-state index in [-0.39, 0.29) is 0 Å².